The summed E-state index contributed by atoms with van der Waals surface area (Å²) in [4.78, 5) is 31.1. The number of amides is 2. The maximum atomic E-state index is 12.6. The number of aliphatic hydroxyl groups is 1. The van der Waals surface area contributed by atoms with E-state index in [1.165, 1.54) is 6.08 Å². The standard InChI is InChI=1S/C25H35Cl2N3O4/c1-34-18-22-23(31)5-4-13-28(22)11-2-3-12-29-15-16-30(14-10-25(29)33)24(32)9-7-19-6-8-20(26)21(27)17-19/h6-9,17,22-23,31H,2-5,10-16,18H2,1H3. The van der Waals surface area contributed by atoms with Crippen LogP contribution in [0.1, 0.15) is 37.7 Å². The molecule has 2 aliphatic rings. The summed E-state index contributed by atoms with van der Waals surface area (Å²) in [6.45, 7) is 4.56. The van der Waals surface area contributed by atoms with Gasteiger partial charge in [0.15, 0.2) is 0 Å². The Morgan fingerprint density at radius 2 is 1.94 bits per heavy atom. The highest BCUT2D eigenvalue weighted by Crippen LogP contribution is 2.23. The molecular weight excluding hydrogens is 477 g/mol. The summed E-state index contributed by atoms with van der Waals surface area (Å²) in [5.74, 6) is -0.0250. The van der Waals surface area contributed by atoms with E-state index < -0.39 is 0 Å². The summed E-state index contributed by atoms with van der Waals surface area (Å²) in [5, 5.41) is 11.2. The highest BCUT2D eigenvalue weighted by atomic mass is 35.5. The molecule has 0 radical (unpaired) electrons. The number of hydrogen-bond acceptors (Lipinski definition) is 5. The van der Waals surface area contributed by atoms with Crippen molar-refractivity contribution < 1.29 is 19.4 Å². The summed E-state index contributed by atoms with van der Waals surface area (Å²) >= 11 is 12.0. The number of aliphatic hydroxyl groups excluding tert-OH is 1. The Morgan fingerprint density at radius 3 is 2.71 bits per heavy atom. The van der Waals surface area contributed by atoms with Crippen LogP contribution < -0.4 is 0 Å². The molecule has 34 heavy (non-hydrogen) atoms. The predicted molar refractivity (Wildman–Crippen MR) is 135 cm³/mol. The number of likely N-dealkylation sites (tertiary alicyclic amines) is 1. The zero-order valence-electron chi connectivity index (χ0n) is 19.8. The van der Waals surface area contributed by atoms with Crippen LogP contribution in [-0.4, -0.2) is 96.8 Å². The molecule has 2 fully saturated rings. The summed E-state index contributed by atoms with van der Waals surface area (Å²) in [5.41, 5.74) is 0.796. The zero-order chi connectivity index (χ0) is 24.5. The predicted octanol–water partition coefficient (Wildman–Crippen LogP) is 3.32. The molecule has 9 heteroatoms. The second kappa shape index (κ2) is 13.4. The van der Waals surface area contributed by atoms with Crippen LogP contribution in [0.5, 0.6) is 0 Å². The fraction of sp³-hybridized carbons (Fsp3) is 0.600. The lowest BCUT2D eigenvalue weighted by Crippen LogP contribution is -2.50. The first-order valence-electron chi connectivity index (χ1n) is 12.0. The van der Waals surface area contributed by atoms with Crippen LogP contribution >= 0.6 is 23.2 Å². The smallest absolute Gasteiger partial charge is 0.246 e. The van der Waals surface area contributed by atoms with Crippen molar-refractivity contribution in [2.75, 3.05) is 53.0 Å². The van der Waals surface area contributed by atoms with Gasteiger partial charge in [-0.2, -0.15) is 0 Å². The van der Waals surface area contributed by atoms with Crippen LogP contribution in [0.4, 0.5) is 0 Å². The first kappa shape index (κ1) is 27.0. The molecule has 2 amide bonds. The van der Waals surface area contributed by atoms with Crippen LogP contribution in [0.2, 0.25) is 10.0 Å². The lowest BCUT2D eigenvalue weighted by molar-refractivity contribution is -0.130. The fourth-order valence-electron chi connectivity index (χ4n) is 4.60. The van der Waals surface area contributed by atoms with E-state index in [1.807, 2.05) is 4.90 Å². The number of hydrogen-bond donors (Lipinski definition) is 1. The fourth-order valence-corrected chi connectivity index (χ4v) is 4.91. The number of nitrogens with zero attached hydrogens (tertiary/aromatic N) is 3. The molecule has 0 aromatic heterocycles. The molecule has 7 nitrogen and oxygen atoms in total. The summed E-state index contributed by atoms with van der Waals surface area (Å²) < 4.78 is 5.29. The van der Waals surface area contributed by atoms with Gasteiger partial charge in [0.1, 0.15) is 0 Å². The third-order valence-corrected chi connectivity index (χ3v) is 7.32. The normalized spacial score (nSPS) is 22.4. The quantitative estimate of drug-likeness (QED) is 0.406. The van der Waals surface area contributed by atoms with Crippen molar-refractivity contribution in [2.24, 2.45) is 0 Å². The van der Waals surface area contributed by atoms with Crippen molar-refractivity contribution in [2.45, 2.75) is 44.2 Å². The van der Waals surface area contributed by atoms with Gasteiger partial charge in [0.25, 0.3) is 0 Å². The molecule has 188 valence electrons. The van der Waals surface area contributed by atoms with Gasteiger partial charge >= 0.3 is 0 Å². The highest BCUT2D eigenvalue weighted by molar-refractivity contribution is 6.42. The molecular formula is C25H35Cl2N3O4. The number of halogens is 2. The van der Waals surface area contributed by atoms with Gasteiger partial charge in [0.2, 0.25) is 11.8 Å². The Hall–Kier alpha value is -1.64. The molecule has 1 N–H and O–H groups in total. The Bertz CT molecular complexity index is 867. The van der Waals surface area contributed by atoms with Crippen molar-refractivity contribution in [1.82, 2.24) is 14.7 Å². The second-order valence-electron chi connectivity index (χ2n) is 8.94. The Morgan fingerprint density at radius 1 is 1.15 bits per heavy atom. The first-order chi connectivity index (χ1) is 16.4. The lowest BCUT2D eigenvalue weighted by atomic mass is 9.99. The number of methoxy groups -OCH3 is 1. The monoisotopic (exact) mass is 511 g/mol. The maximum Gasteiger partial charge on any atom is 0.246 e. The molecule has 1 aromatic rings. The third-order valence-electron chi connectivity index (χ3n) is 6.58. The molecule has 0 bridgehead atoms. The van der Waals surface area contributed by atoms with E-state index in [0.29, 0.717) is 49.3 Å². The van der Waals surface area contributed by atoms with Crippen molar-refractivity contribution in [1.29, 1.82) is 0 Å². The van der Waals surface area contributed by atoms with E-state index >= 15 is 0 Å². The summed E-state index contributed by atoms with van der Waals surface area (Å²) in [6, 6.07) is 5.26. The molecule has 0 saturated carbocycles. The number of carbonyl (C=O) groups excluding carboxylic acids is 2. The number of piperidine rings is 1. The summed E-state index contributed by atoms with van der Waals surface area (Å²) in [7, 11) is 1.67. The average Bonchev–Trinajstić information content (AvgIpc) is 3.01. The van der Waals surface area contributed by atoms with Gasteiger partial charge in [-0.3, -0.25) is 14.5 Å². The van der Waals surface area contributed by atoms with Crippen LogP contribution in [0, 0.1) is 0 Å². The van der Waals surface area contributed by atoms with Gasteiger partial charge < -0.3 is 19.6 Å². The molecule has 0 aliphatic carbocycles. The van der Waals surface area contributed by atoms with E-state index in [0.717, 1.165) is 44.3 Å². The molecule has 2 unspecified atom stereocenters. The largest absolute Gasteiger partial charge is 0.391 e. The minimum atomic E-state index is -0.338. The number of carbonyl (C=O) groups is 2. The van der Waals surface area contributed by atoms with Crippen molar-refractivity contribution in [3.8, 4) is 0 Å². The summed E-state index contributed by atoms with van der Waals surface area (Å²) in [6.07, 6.45) is 6.89. The molecule has 2 aliphatic heterocycles. The minimum Gasteiger partial charge on any atom is -0.391 e. The van der Waals surface area contributed by atoms with Gasteiger partial charge in [-0.05, 0) is 62.5 Å². The van der Waals surface area contributed by atoms with Crippen molar-refractivity contribution in [3.63, 3.8) is 0 Å². The van der Waals surface area contributed by atoms with E-state index in [-0.39, 0.29) is 24.0 Å². The van der Waals surface area contributed by atoms with Crippen molar-refractivity contribution >= 4 is 41.1 Å². The second-order valence-corrected chi connectivity index (χ2v) is 9.75. The maximum absolute atomic E-state index is 12.6. The Kier molecular flexibility index (Phi) is 10.7. The topological polar surface area (TPSA) is 73.3 Å². The van der Waals surface area contributed by atoms with Crippen LogP contribution in [-0.2, 0) is 14.3 Å². The molecule has 0 spiro atoms. The first-order valence-corrected chi connectivity index (χ1v) is 12.8. The highest BCUT2D eigenvalue weighted by Gasteiger charge is 2.29. The third kappa shape index (κ3) is 7.68. The van der Waals surface area contributed by atoms with Gasteiger partial charge in [-0.25, -0.2) is 0 Å². The van der Waals surface area contributed by atoms with Gasteiger partial charge in [0, 0.05) is 45.8 Å². The number of rotatable bonds is 9. The average molecular weight is 512 g/mol. The van der Waals surface area contributed by atoms with Gasteiger partial charge in [0.05, 0.1) is 28.8 Å². The van der Waals surface area contributed by atoms with E-state index in [1.54, 1.807) is 36.3 Å². The van der Waals surface area contributed by atoms with E-state index in [9.17, 15) is 14.7 Å². The number of ether oxygens (including phenoxy) is 1. The van der Waals surface area contributed by atoms with Crippen molar-refractivity contribution in [3.05, 3.63) is 39.9 Å². The van der Waals surface area contributed by atoms with Gasteiger partial charge in [-0.15, -0.1) is 0 Å². The SMILES string of the molecule is COCC1C(O)CCCN1CCCCN1CCN(C(=O)C=Cc2ccc(Cl)c(Cl)c2)CCC1=O. The van der Waals surface area contributed by atoms with E-state index in [4.69, 9.17) is 27.9 Å². The Labute approximate surface area is 212 Å². The van der Waals surface area contributed by atoms with Gasteiger partial charge in [-0.1, -0.05) is 29.3 Å². The molecule has 2 saturated heterocycles. The van der Waals surface area contributed by atoms with Crippen LogP contribution in [0.15, 0.2) is 24.3 Å². The molecule has 2 heterocycles. The molecule has 1 aromatic carbocycles. The molecule has 2 atom stereocenters. The zero-order valence-corrected chi connectivity index (χ0v) is 21.3. The molecule has 3 rings (SSSR count). The van der Waals surface area contributed by atoms with Crippen LogP contribution in [0.25, 0.3) is 6.08 Å². The number of unbranched alkanes of at least 4 members (excludes halogenated alkanes) is 1. The van der Waals surface area contributed by atoms with E-state index in [2.05, 4.69) is 4.90 Å². The number of benzene rings is 1. The minimum absolute atomic E-state index is 0.0510. The lowest BCUT2D eigenvalue weighted by Gasteiger charge is -2.38. The Balaban J connectivity index is 1.43. The van der Waals surface area contributed by atoms with Crippen LogP contribution in [0.3, 0.4) is 0 Å².